The topological polar surface area (TPSA) is 63.2 Å². The molecule has 1 aromatic heterocycles. The number of aromatic nitrogens is 2. The Kier molecular flexibility index (Phi) is 5.03. The van der Waals surface area contributed by atoms with Gasteiger partial charge in [0.25, 0.3) is 0 Å². The second kappa shape index (κ2) is 6.78. The normalized spacial score (nSPS) is 13.3. The van der Waals surface area contributed by atoms with E-state index in [0.717, 1.165) is 5.56 Å². The van der Waals surface area contributed by atoms with Crippen LogP contribution in [0.4, 0.5) is 0 Å². The molecule has 1 heterocycles. The Morgan fingerprint density at radius 3 is 2.52 bits per heavy atom. The van der Waals surface area contributed by atoms with E-state index in [-0.39, 0.29) is 18.2 Å². The van der Waals surface area contributed by atoms with Crippen LogP contribution in [0.3, 0.4) is 0 Å². The standard InChI is InChI=1S/C15H19N3O2S/c1-13(14-6-4-3-5-7-14)12-21(19,20)18(2)11-15-10-16-8-9-17-15/h3-10,13H,11-12H2,1-2H3. The number of benzene rings is 1. The van der Waals surface area contributed by atoms with Crippen molar-refractivity contribution >= 4 is 10.0 Å². The summed E-state index contributed by atoms with van der Waals surface area (Å²) in [5.74, 6) is 0.0221. The highest BCUT2D eigenvalue weighted by molar-refractivity contribution is 7.89. The lowest BCUT2D eigenvalue weighted by molar-refractivity contribution is 0.458. The predicted octanol–water partition coefficient (Wildman–Crippen LogP) is 2.04. The summed E-state index contributed by atoms with van der Waals surface area (Å²) in [6, 6.07) is 9.65. The Hall–Kier alpha value is -1.79. The summed E-state index contributed by atoms with van der Waals surface area (Å²) in [6.45, 7) is 2.15. The van der Waals surface area contributed by atoms with E-state index in [2.05, 4.69) is 9.97 Å². The Labute approximate surface area is 125 Å². The van der Waals surface area contributed by atoms with E-state index in [1.54, 1.807) is 25.6 Å². The summed E-state index contributed by atoms with van der Waals surface area (Å²) in [7, 11) is -1.77. The first-order chi connectivity index (χ1) is 9.99. The molecule has 5 nitrogen and oxygen atoms in total. The molecule has 1 atom stereocenters. The molecule has 0 bridgehead atoms. The van der Waals surface area contributed by atoms with Gasteiger partial charge in [-0.15, -0.1) is 0 Å². The minimum atomic E-state index is -3.34. The van der Waals surface area contributed by atoms with Gasteiger partial charge in [0.15, 0.2) is 0 Å². The molecule has 6 heteroatoms. The van der Waals surface area contributed by atoms with Crippen LogP contribution in [-0.2, 0) is 16.6 Å². The van der Waals surface area contributed by atoms with Crippen molar-refractivity contribution in [3.63, 3.8) is 0 Å². The summed E-state index contributed by atoms with van der Waals surface area (Å²) in [4.78, 5) is 8.05. The Balaban J connectivity index is 2.04. The van der Waals surface area contributed by atoms with Gasteiger partial charge in [0.05, 0.1) is 18.0 Å². The minimum Gasteiger partial charge on any atom is -0.261 e. The third kappa shape index (κ3) is 4.34. The zero-order chi connectivity index (χ0) is 15.3. The molecule has 2 rings (SSSR count). The molecule has 0 N–H and O–H groups in total. The quantitative estimate of drug-likeness (QED) is 0.819. The van der Waals surface area contributed by atoms with Crippen LogP contribution in [0.25, 0.3) is 0 Å². The number of nitrogens with zero attached hydrogens (tertiary/aromatic N) is 3. The molecule has 0 aliphatic heterocycles. The fourth-order valence-electron chi connectivity index (χ4n) is 2.06. The fraction of sp³-hybridized carbons (Fsp3) is 0.333. The van der Waals surface area contributed by atoms with E-state index in [4.69, 9.17) is 0 Å². The molecule has 112 valence electrons. The first-order valence-corrected chi connectivity index (χ1v) is 8.34. The lowest BCUT2D eigenvalue weighted by Crippen LogP contribution is -2.31. The summed E-state index contributed by atoms with van der Waals surface area (Å²) in [5, 5.41) is 0. The van der Waals surface area contributed by atoms with Crippen molar-refractivity contribution in [3.8, 4) is 0 Å². The summed E-state index contributed by atoms with van der Waals surface area (Å²) in [5.41, 5.74) is 1.66. The molecule has 0 aliphatic rings. The van der Waals surface area contributed by atoms with Gasteiger partial charge in [0, 0.05) is 25.6 Å². The molecular formula is C15H19N3O2S. The van der Waals surface area contributed by atoms with E-state index in [9.17, 15) is 8.42 Å². The zero-order valence-electron chi connectivity index (χ0n) is 12.2. The third-order valence-electron chi connectivity index (χ3n) is 3.31. The van der Waals surface area contributed by atoms with Gasteiger partial charge in [-0.3, -0.25) is 9.97 Å². The largest absolute Gasteiger partial charge is 0.261 e. The van der Waals surface area contributed by atoms with Gasteiger partial charge < -0.3 is 0 Å². The van der Waals surface area contributed by atoms with Crippen LogP contribution in [-0.4, -0.2) is 35.5 Å². The van der Waals surface area contributed by atoms with Crippen LogP contribution in [0.1, 0.15) is 24.1 Å². The molecular weight excluding hydrogens is 286 g/mol. The maximum Gasteiger partial charge on any atom is 0.214 e. The molecule has 21 heavy (non-hydrogen) atoms. The van der Waals surface area contributed by atoms with Gasteiger partial charge in [-0.05, 0) is 11.5 Å². The highest BCUT2D eigenvalue weighted by Crippen LogP contribution is 2.18. The van der Waals surface area contributed by atoms with E-state index < -0.39 is 10.0 Å². The molecule has 0 radical (unpaired) electrons. The first kappa shape index (κ1) is 15.6. The second-order valence-corrected chi connectivity index (χ2v) is 7.16. The number of hydrogen-bond donors (Lipinski definition) is 0. The average Bonchev–Trinajstić information content (AvgIpc) is 2.48. The van der Waals surface area contributed by atoms with Crippen molar-refractivity contribution in [2.75, 3.05) is 12.8 Å². The van der Waals surface area contributed by atoms with Gasteiger partial charge in [-0.1, -0.05) is 37.3 Å². The second-order valence-electron chi connectivity index (χ2n) is 5.04. The van der Waals surface area contributed by atoms with Gasteiger partial charge in [0.2, 0.25) is 10.0 Å². The number of rotatable bonds is 6. The molecule has 0 amide bonds. The van der Waals surface area contributed by atoms with Crippen molar-refractivity contribution in [3.05, 3.63) is 60.2 Å². The van der Waals surface area contributed by atoms with Crippen LogP contribution < -0.4 is 0 Å². The van der Waals surface area contributed by atoms with Crippen LogP contribution in [0.2, 0.25) is 0 Å². The smallest absolute Gasteiger partial charge is 0.214 e. The van der Waals surface area contributed by atoms with Gasteiger partial charge in [-0.2, -0.15) is 4.31 Å². The van der Waals surface area contributed by atoms with Crippen LogP contribution in [0.5, 0.6) is 0 Å². The molecule has 2 aromatic rings. The van der Waals surface area contributed by atoms with E-state index in [0.29, 0.717) is 5.69 Å². The maximum atomic E-state index is 12.4. The van der Waals surface area contributed by atoms with Crippen molar-refractivity contribution in [1.82, 2.24) is 14.3 Å². The summed E-state index contributed by atoms with van der Waals surface area (Å²) < 4.78 is 26.1. The SMILES string of the molecule is CC(CS(=O)(=O)N(C)Cc1cnccn1)c1ccccc1. The Morgan fingerprint density at radius 1 is 1.19 bits per heavy atom. The van der Waals surface area contributed by atoms with Crippen LogP contribution in [0, 0.1) is 0 Å². The predicted molar refractivity (Wildman–Crippen MR) is 82.1 cm³/mol. The van der Waals surface area contributed by atoms with Gasteiger partial charge in [0.1, 0.15) is 0 Å². The lowest BCUT2D eigenvalue weighted by atomic mass is 10.0. The van der Waals surface area contributed by atoms with Crippen molar-refractivity contribution in [2.45, 2.75) is 19.4 Å². The van der Waals surface area contributed by atoms with Crippen molar-refractivity contribution in [1.29, 1.82) is 0 Å². The number of hydrogen-bond acceptors (Lipinski definition) is 4. The lowest BCUT2D eigenvalue weighted by Gasteiger charge is -2.19. The summed E-state index contributed by atoms with van der Waals surface area (Å²) >= 11 is 0. The summed E-state index contributed by atoms with van der Waals surface area (Å²) in [6.07, 6.45) is 4.70. The molecule has 0 fully saturated rings. The molecule has 1 aromatic carbocycles. The maximum absolute atomic E-state index is 12.4. The van der Waals surface area contributed by atoms with Crippen molar-refractivity contribution in [2.24, 2.45) is 0 Å². The monoisotopic (exact) mass is 305 g/mol. The number of sulfonamides is 1. The third-order valence-corrected chi connectivity index (χ3v) is 5.31. The van der Waals surface area contributed by atoms with Gasteiger partial charge >= 0.3 is 0 Å². The van der Waals surface area contributed by atoms with Crippen LogP contribution in [0.15, 0.2) is 48.9 Å². The fourth-order valence-corrected chi connectivity index (χ4v) is 3.47. The highest BCUT2D eigenvalue weighted by atomic mass is 32.2. The molecule has 1 unspecified atom stereocenters. The minimum absolute atomic E-state index is 0.0551. The Bertz CT molecular complexity index is 660. The highest BCUT2D eigenvalue weighted by Gasteiger charge is 2.22. The zero-order valence-corrected chi connectivity index (χ0v) is 13.0. The van der Waals surface area contributed by atoms with Gasteiger partial charge in [-0.25, -0.2) is 8.42 Å². The van der Waals surface area contributed by atoms with Crippen LogP contribution >= 0.6 is 0 Å². The van der Waals surface area contributed by atoms with Crippen molar-refractivity contribution < 1.29 is 8.42 Å². The van der Waals surface area contributed by atoms with E-state index >= 15 is 0 Å². The molecule has 0 saturated heterocycles. The Morgan fingerprint density at radius 2 is 1.90 bits per heavy atom. The molecule has 0 aliphatic carbocycles. The van der Waals surface area contributed by atoms with E-state index in [1.807, 2.05) is 37.3 Å². The molecule has 0 spiro atoms. The first-order valence-electron chi connectivity index (χ1n) is 6.73. The van der Waals surface area contributed by atoms with E-state index in [1.165, 1.54) is 4.31 Å². The average molecular weight is 305 g/mol. The molecule has 0 saturated carbocycles.